The lowest BCUT2D eigenvalue weighted by Crippen LogP contribution is -2.15. The lowest BCUT2D eigenvalue weighted by Gasteiger charge is -1.95. The Morgan fingerprint density at radius 1 is 1.50 bits per heavy atom. The number of ketones is 1. The summed E-state index contributed by atoms with van der Waals surface area (Å²) in [4.78, 5) is 21.1. The fourth-order valence-electron chi connectivity index (χ4n) is 0.411. The van der Waals surface area contributed by atoms with Crippen molar-refractivity contribution in [1.82, 2.24) is 0 Å². The first kappa shape index (κ1) is 9.49. The fraction of sp³-hybridized carbons (Fsp3) is 0.667. The summed E-state index contributed by atoms with van der Waals surface area (Å²) >= 11 is 1.53. The molecule has 0 bridgehead atoms. The molecule has 10 heavy (non-hydrogen) atoms. The van der Waals surface area contributed by atoms with E-state index in [0.717, 1.165) is 0 Å². The first-order valence-corrected chi connectivity index (χ1v) is 4.21. The van der Waals surface area contributed by atoms with Gasteiger partial charge in [-0.25, -0.2) is 4.79 Å². The average Bonchev–Trinajstić information content (AvgIpc) is 1.98. The van der Waals surface area contributed by atoms with E-state index in [9.17, 15) is 9.59 Å². The first-order valence-electron chi connectivity index (χ1n) is 2.82. The quantitative estimate of drug-likeness (QED) is 0.445. The predicted molar refractivity (Wildman–Crippen MR) is 40.0 cm³/mol. The molecule has 0 rings (SSSR count). The number of rotatable bonds is 4. The highest BCUT2D eigenvalue weighted by Gasteiger charge is 2.11. The lowest BCUT2D eigenvalue weighted by atomic mass is 10.3. The molecule has 0 aliphatic heterocycles. The van der Waals surface area contributed by atoms with Crippen molar-refractivity contribution in [2.75, 3.05) is 19.1 Å². The van der Waals surface area contributed by atoms with Gasteiger partial charge in [0, 0.05) is 12.2 Å². The molecule has 0 saturated heterocycles. The van der Waals surface area contributed by atoms with Gasteiger partial charge in [0.25, 0.3) is 0 Å². The maximum absolute atomic E-state index is 10.6. The van der Waals surface area contributed by atoms with Crippen molar-refractivity contribution in [3.05, 3.63) is 0 Å². The van der Waals surface area contributed by atoms with Crippen LogP contribution in [0, 0.1) is 0 Å². The van der Waals surface area contributed by atoms with Crippen molar-refractivity contribution in [1.29, 1.82) is 0 Å². The molecule has 0 unspecified atom stereocenters. The van der Waals surface area contributed by atoms with Crippen LogP contribution in [0.3, 0.4) is 0 Å². The molecule has 0 fully saturated rings. The zero-order chi connectivity index (χ0) is 7.98. The second-order valence-electron chi connectivity index (χ2n) is 1.66. The third kappa shape index (κ3) is 3.50. The number of esters is 1. The van der Waals surface area contributed by atoms with Gasteiger partial charge in [0.15, 0.2) is 0 Å². The second kappa shape index (κ2) is 5.29. The van der Waals surface area contributed by atoms with E-state index in [0.29, 0.717) is 5.75 Å². The molecule has 0 heterocycles. The smallest absolute Gasteiger partial charge is 0.374 e. The van der Waals surface area contributed by atoms with Crippen molar-refractivity contribution in [2.24, 2.45) is 0 Å². The van der Waals surface area contributed by atoms with Crippen molar-refractivity contribution in [3.8, 4) is 0 Å². The van der Waals surface area contributed by atoms with Crippen LogP contribution in [0.4, 0.5) is 0 Å². The zero-order valence-electron chi connectivity index (χ0n) is 6.05. The van der Waals surface area contributed by atoms with E-state index in [4.69, 9.17) is 0 Å². The van der Waals surface area contributed by atoms with E-state index >= 15 is 0 Å². The molecule has 3 nitrogen and oxygen atoms in total. The molecule has 0 aliphatic rings. The summed E-state index contributed by atoms with van der Waals surface area (Å²) in [6.07, 6.45) is 2.15. The Morgan fingerprint density at radius 2 is 2.10 bits per heavy atom. The minimum Gasteiger partial charge on any atom is -0.463 e. The number of Topliss-reactive ketones (excluding diaryl/α,β-unsaturated/α-hetero) is 1. The topological polar surface area (TPSA) is 43.4 Å². The summed E-state index contributed by atoms with van der Waals surface area (Å²) in [5.74, 6) is -0.514. The van der Waals surface area contributed by atoms with Crippen molar-refractivity contribution < 1.29 is 14.3 Å². The summed E-state index contributed by atoms with van der Waals surface area (Å²) in [7, 11) is 1.21. The number of hydrogen-bond acceptors (Lipinski definition) is 4. The van der Waals surface area contributed by atoms with Gasteiger partial charge in [-0.1, -0.05) is 0 Å². The predicted octanol–water partition coefficient (Wildman–Crippen LogP) is 0.482. The van der Waals surface area contributed by atoms with Gasteiger partial charge >= 0.3 is 5.97 Å². The number of carbonyl (C=O) groups excluding carboxylic acids is 2. The molecule has 0 N–H and O–H groups in total. The average molecular weight is 162 g/mol. The van der Waals surface area contributed by atoms with Crippen LogP contribution in [0.1, 0.15) is 6.42 Å². The van der Waals surface area contributed by atoms with E-state index in [1.54, 1.807) is 0 Å². The Labute approximate surface area is 64.1 Å². The van der Waals surface area contributed by atoms with Crippen LogP contribution in [0.5, 0.6) is 0 Å². The van der Waals surface area contributed by atoms with Gasteiger partial charge in [0.05, 0.1) is 7.11 Å². The Balaban J connectivity index is 3.52. The highest BCUT2D eigenvalue weighted by Crippen LogP contribution is 1.96. The Hall–Kier alpha value is -0.510. The van der Waals surface area contributed by atoms with E-state index in [1.807, 2.05) is 6.26 Å². The molecule has 0 aromatic rings. The SMILES string of the molecule is COC(=O)C(=O)CCSC. The van der Waals surface area contributed by atoms with Crippen molar-refractivity contribution in [2.45, 2.75) is 6.42 Å². The van der Waals surface area contributed by atoms with Gasteiger partial charge in [-0.05, 0) is 6.26 Å². The third-order valence-corrected chi connectivity index (χ3v) is 1.56. The van der Waals surface area contributed by atoms with Gasteiger partial charge < -0.3 is 4.74 Å². The molecular formula is C6H10O3S. The molecule has 0 aromatic heterocycles. The Bertz CT molecular complexity index is 133. The molecule has 4 heteroatoms. The third-order valence-electron chi connectivity index (χ3n) is 0.946. The highest BCUT2D eigenvalue weighted by molar-refractivity contribution is 7.98. The van der Waals surface area contributed by atoms with Gasteiger partial charge in [0.1, 0.15) is 0 Å². The van der Waals surface area contributed by atoms with Gasteiger partial charge in [-0.2, -0.15) is 11.8 Å². The van der Waals surface area contributed by atoms with E-state index < -0.39 is 11.8 Å². The summed E-state index contributed by atoms with van der Waals surface area (Å²) in [6.45, 7) is 0. The molecule has 58 valence electrons. The molecular weight excluding hydrogens is 152 g/mol. The Morgan fingerprint density at radius 3 is 2.50 bits per heavy atom. The molecule has 0 aliphatic carbocycles. The number of thioether (sulfide) groups is 1. The van der Waals surface area contributed by atoms with Crippen LogP contribution in [-0.2, 0) is 14.3 Å². The zero-order valence-corrected chi connectivity index (χ0v) is 6.86. The highest BCUT2D eigenvalue weighted by atomic mass is 32.2. The molecule has 0 amide bonds. The molecule has 0 saturated carbocycles. The van der Waals surface area contributed by atoms with Crippen LogP contribution in [0.2, 0.25) is 0 Å². The Kier molecular flexibility index (Phi) is 5.02. The van der Waals surface area contributed by atoms with Gasteiger partial charge in [0.2, 0.25) is 5.78 Å². The van der Waals surface area contributed by atoms with Crippen LogP contribution >= 0.6 is 11.8 Å². The van der Waals surface area contributed by atoms with Crippen LogP contribution < -0.4 is 0 Å². The summed E-state index contributed by atoms with van der Waals surface area (Å²) < 4.78 is 4.21. The largest absolute Gasteiger partial charge is 0.463 e. The summed E-state index contributed by atoms with van der Waals surface area (Å²) in [5, 5.41) is 0. The fourth-order valence-corrected chi connectivity index (χ4v) is 0.800. The summed E-state index contributed by atoms with van der Waals surface area (Å²) in [5.41, 5.74) is 0. The van der Waals surface area contributed by atoms with Crippen LogP contribution in [-0.4, -0.2) is 30.9 Å². The van der Waals surface area contributed by atoms with E-state index in [1.165, 1.54) is 18.9 Å². The maximum Gasteiger partial charge on any atom is 0.374 e. The van der Waals surface area contributed by atoms with E-state index in [2.05, 4.69) is 4.74 Å². The van der Waals surface area contributed by atoms with Crippen LogP contribution in [0.25, 0.3) is 0 Å². The molecule has 0 radical (unpaired) electrons. The molecule has 0 atom stereocenters. The van der Waals surface area contributed by atoms with Crippen molar-refractivity contribution >= 4 is 23.5 Å². The van der Waals surface area contributed by atoms with Gasteiger partial charge in [-0.3, -0.25) is 4.79 Å². The van der Waals surface area contributed by atoms with Crippen LogP contribution in [0.15, 0.2) is 0 Å². The standard InChI is InChI=1S/C6H10O3S/c1-9-6(8)5(7)3-4-10-2/h3-4H2,1-2H3. The normalized spacial score (nSPS) is 9.00. The molecule has 0 aromatic carbocycles. The van der Waals surface area contributed by atoms with Crippen molar-refractivity contribution in [3.63, 3.8) is 0 Å². The minimum atomic E-state index is -0.742. The maximum atomic E-state index is 10.6. The second-order valence-corrected chi connectivity index (χ2v) is 2.64. The monoisotopic (exact) mass is 162 g/mol. The lowest BCUT2D eigenvalue weighted by molar-refractivity contribution is -0.151. The number of hydrogen-bond donors (Lipinski definition) is 0. The van der Waals surface area contributed by atoms with Gasteiger partial charge in [-0.15, -0.1) is 0 Å². The number of carbonyl (C=O) groups is 2. The van der Waals surface area contributed by atoms with E-state index in [-0.39, 0.29) is 6.42 Å². The minimum absolute atomic E-state index is 0.272. The number of methoxy groups -OCH3 is 1. The first-order chi connectivity index (χ1) is 4.72. The number of ether oxygens (including phenoxy) is 1. The summed E-state index contributed by atoms with van der Waals surface area (Å²) in [6, 6.07) is 0. The molecule has 0 spiro atoms.